The number of rotatable bonds is 9. The van der Waals surface area contributed by atoms with Crippen molar-refractivity contribution >= 4 is 50.6 Å². The van der Waals surface area contributed by atoms with E-state index < -0.39 is 11.7 Å². The van der Waals surface area contributed by atoms with Gasteiger partial charge < -0.3 is 25.0 Å². The van der Waals surface area contributed by atoms with Crippen LogP contribution in [0.2, 0.25) is 0 Å². The molecule has 186 valence electrons. The lowest BCUT2D eigenvalue weighted by Crippen LogP contribution is -2.40. The normalized spacial score (nSPS) is 12.1. The second kappa shape index (κ2) is 11.4. The summed E-state index contributed by atoms with van der Waals surface area (Å²) in [5.41, 5.74) is 1.86. The van der Waals surface area contributed by atoms with Gasteiger partial charge in [-0.25, -0.2) is 4.79 Å². The number of alkyl carbamates (subject to hydrolysis) is 1. The fourth-order valence-corrected chi connectivity index (χ4v) is 4.12. The van der Waals surface area contributed by atoms with Crippen LogP contribution in [0.5, 0.6) is 5.75 Å². The van der Waals surface area contributed by atoms with Crippen LogP contribution in [0.1, 0.15) is 33.3 Å². The van der Waals surface area contributed by atoms with Crippen molar-refractivity contribution in [3.8, 4) is 5.75 Å². The fourth-order valence-electron chi connectivity index (χ4n) is 3.75. The molecule has 8 heteroatoms. The van der Waals surface area contributed by atoms with Gasteiger partial charge in [0.1, 0.15) is 11.4 Å². The number of anilines is 2. The Kier molecular flexibility index (Phi) is 8.62. The maximum Gasteiger partial charge on any atom is 0.407 e. The molecule has 3 aromatic rings. The minimum atomic E-state index is -0.562. The summed E-state index contributed by atoms with van der Waals surface area (Å²) in [6.45, 7) is 8.14. The van der Waals surface area contributed by atoms with Gasteiger partial charge in [0.25, 0.3) is 0 Å². The molecule has 7 nitrogen and oxygen atoms in total. The number of carbonyl (C=O) groups excluding carboxylic acids is 2. The summed E-state index contributed by atoms with van der Waals surface area (Å²) in [7, 11) is 1.63. The topological polar surface area (TPSA) is 79.9 Å². The van der Waals surface area contributed by atoms with Crippen LogP contribution in [0.3, 0.4) is 0 Å². The number of halogens is 1. The number of carbonyl (C=O) groups is 2. The number of hydrogen-bond acceptors (Lipinski definition) is 5. The second-order valence-corrected chi connectivity index (χ2v) is 10.2. The SMILES string of the molecule is COc1ccc2cc(Br)ccc2c1CN(C=O)c1ccccc1NCC(C)NC(=O)OC(C)(C)C. The molecule has 35 heavy (non-hydrogen) atoms. The molecule has 1 atom stereocenters. The molecule has 0 saturated carbocycles. The average Bonchev–Trinajstić information content (AvgIpc) is 2.79. The van der Waals surface area contributed by atoms with Crippen molar-refractivity contribution in [2.45, 2.75) is 45.9 Å². The van der Waals surface area contributed by atoms with Crippen LogP contribution in [0.15, 0.2) is 59.1 Å². The maximum atomic E-state index is 12.2. The van der Waals surface area contributed by atoms with Crippen LogP contribution < -0.4 is 20.3 Å². The van der Waals surface area contributed by atoms with E-state index in [0.29, 0.717) is 18.8 Å². The van der Waals surface area contributed by atoms with Gasteiger partial charge in [-0.2, -0.15) is 0 Å². The molecule has 3 aromatic carbocycles. The van der Waals surface area contributed by atoms with E-state index in [2.05, 4.69) is 26.6 Å². The molecule has 0 fully saturated rings. The summed E-state index contributed by atoms with van der Waals surface area (Å²) in [6, 6.07) is 17.3. The molecule has 0 aromatic heterocycles. The molecule has 0 heterocycles. The highest BCUT2D eigenvalue weighted by atomic mass is 79.9. The van der Waals surface area contributed by atoms with Gasteiger partial charge in [0, 0.05) is 22.6 Å². The van der Waals surface area contributed by atoms with Gasteiger partial charge in [-0.3, -0.25) is 4.79 Å². The largest absolute Gasteiger partial charge is 0.496 e. The van der Waals surface area contributed by atoms with E-state index in [1.54, 1.807) is 12.0 Å². The van der Waals surface area contributed by atoms with Crippen molar-refractivity contribution < 1.29 is 19.1 Å². The Morgan fingerprint density at radius 2 is 1.89 bits per heavy atom. The van der Waals surface area contributed by atoms with E-state index in [4.69, 9.17) is 9.47 Å². The van der Waals surface area contributed by atoms with E-state index >= 15 is 0 Å². The van der Waals surface area contributed by atoms with Crippen LogP contribution in [-0.4, -0.2) is 37.8 Å². The number of amides is 2. The molecule has 0 aliphatic heterocycles. The molecule has 0 radical (unpaired) electrons. The highest BCUT2D eigenvalue weighted by molar-refractivity contribution is 9.10. The van der Waals surface area contributed by atoms with Crippen molar-refractivity contribution in [1.29, 1.82) is 0 Å². The fraction of sp³-hybridized carbons (Fsp3) is 0.333. The molecular formula is C27H32BrN3O4. The first-order valence-corrected chi connectivity index (χ1v) is 12.2. The third kappa shape index (κ3) is 7.11. The molecule has 0 bridgehead atoms. The maximum absolute atomic E-state index is 12.2. The summed E-state index contributed by atoms with van der Waals surface area (Å²) in [6.07, 6.45) is 0.351. The smallest absolute Gasteiger partial charge is 0.407 e. The van der Waals surface area contributed by atoms with Crippen LogP contribution >= 0.6 is 15.9 Å². The first-order chi connectivity index (χ1) is 16.6. The van der Waals surface area contributed by atoms with Crippen LogP contribution in [0, 0.1) is 0 Å². The summed E-state index contributed by atoms with van der Waals surface area (Å²) in [5, 5.41) is 8.23. The van der Waals surface area contributed by atoms with E-state index in [1.807, 2.05) is 82.3 Å². The highest BCUT2D eigenvalue weighted by Gasteiger charge is 2.19. The lowest BCUT2D eigenvalue weighted by molar-refractivity contribution is -0.107. The lowest BCUT2D eigenvalue weighted by Gasteiger charge is -2.25. The summed E-state index contributed by atoms with van der Waals surface area (Å²) < 4.78 is 11.9. The van der Waals surface area contributed by atoms with Crippen molar-refractivity contribution in [3.63, 3.8) is 0 Å². The van der Waals surface area contributed by atoms with E-state index in [0.717, 1.165) is 38.6 Å². The van der Waals surface area contributed by atoms with Gasteiger partial charge in [-0.1, -0.05) is 40.2 Å². The minimum Gasteiger partial charge on any atom is -0.496 e. The molecule has 1 unspecified atom stereocenters. The molecule has 0 aliphatic carbocycles. The minimum absolute atomic E-state index is 0.195. The average molecular weight is 542 g/mol. The zero-order valence-electron chi connectivity index (χ0n) is 20.7. The molecule has 2 amide bonds. The molecule has 3 rings (SSSR count). The number of ether oxygens (including phenoxy) is 2. The molecule has 2 N–H and O–H groups in total. The number of para-hydroxylation sites is 2. The Bertz CT molecular complexity index is 1190. The number of hydrogen-bond donors (Lipinski definition) is 2. The Hall–Kier alpha value is -3.26. The zero-order valence-corrected chi connectivity index (χ0v) is 22.3. The monoisotopic (exact) mass is 541 g/mol. The van der Waals surface area contributed by atoms with Crippen molar-refractivity contribution in [3.05, 3.63) is 64.6 Å². The van der Waals surface area contributed by atoms with Gasteiger partial charge in [-0.05, 0) is 68.8 Å². The lowest BCUT2D eigenvalue weighted by atomic mass is 10.0. The van der Waals surface area contributed by atoms with E-state index in [9.17, 15) is 9.59 Å². The predicted octanol–water partition coefficient (Wildman–Crippen LogP) is 6.10. The van der Waals surface area contributed by atoms with Crippen LogP contribution in [0.4, 0.5) is 16.2 Å². The third-order valence-electron chi connectivity index (χ3n) is 5.30. The number of fused-ring (bicyclic) bond motifs is 1. The van der Waals surface area contributed by atoms with Crippen LogP contribution in [-0.2, 0) is 16.1 Å². The van der Waals surface area contributed by atoms with Crippen molar-refractivity contribution in [1.82, 2.24) is 5.32 Å². The summed E-state index contributed by atoms with van der Waals surface area (Å²) in [5.74, 6) is 0.715. The zero-order chi connectivity index (χ0) is 25.6. The third-order valence-corrected chi connectivity index (χ3v) is 5.79. The number of nitrogens with zero attached hydrogens (tertiary/aromatic N) is 1. The van der Waals surface area contributed by atoms with E-state index in [-0.39, 0.29) is 6.04 Å². The number of nitrogens with one attached hydrogen (secondary N) is 2. The summed E-state index contributed by atoms with van der Waals surface area (Å²) >= 11 is 3.52. The van der Waals surface area contributed by atoms with E-state index in [1.165, 1.54) is 0 Å². The Morgan fingerprint density at radius 1 is 1.14 bits per heavy atom. The summed E-state index contributed by atoms with van der Waals surface area (Å²) in [4.78, 5) is 26.0. The first-order valence-electron chi connectivity index (χ1n) is 11.4. The molecule has 0 spiro atoms. The number of methoxy groups -OCH3 is 1. The Balaban J connectivity index is 1.81. The quantitative estimate of drug-likeness (QED) is 0.320. The van der Waals surface area contributed by atoms with Crippen molar-refractivity contribution in [2.75, 3.05) is 23.9 Å². The highest BCUT2D eigenvalue weighted by Crippen LogP contribution is 2.33. The standard InChI is InChI=1S/C27H32BrN3O4/c1-18(30-26(33)35-27(2,3)4)15-29-23-8-6-7-9-24(23)31(17-32)16-22-21-12-11-20(28)14-19(21)10-13-25(22)34-5/h6-14,17-18,29H,15-16H2,1-5H3,(H,30,33). The van der Waals surface area contributed by atoms with Crippen molar-refractivity contribution in [2.24, 2.45) is 0 Å². The van der Waals surface area contributed by atoms with Gasteiger partial charge in [-0.15, -0.1) is 0 Å². The van der Waals surface area contributed by atoms with Gasteiger partial charge in [0.15, 0.2) is 0 Å². The predicted molar refractivity (Wildman–Crippen MR) is 144 cm³/mol. The van der Waals surface area contributed by atoms with Crippen LogP contribution in [0.25, 0.3) is 10.8 Å². The number of benzene rings is 3. The molecular weight excluding hydrogens is 510 g/mol. The Morgan fingerprint density at radius 3 is 2.57 bits per heavy atom. The Labute approximate surface area is 214 Å². The molecule has 0 saturated heterocycles. The first kappa shape index (κ1) is 26.3. The second-order valence-electron chi connectivity index (χ2n) is 9.29. The van der Waals surface area contributed by atoms with Gasteiger partial charge >= 0.3 is 6.09 Å². The van der Waals surface area contributed by atoms with Gasteiger partial charge in [0.2, 0.25) is 6.41 Å². The molecule has 0 aliphatic rings. The van der Waals surface area contributed by atoms with Gasteiger partial charge in [0.05, 0.1) is 25.0 Å².